The number of hydrogen-bond acceptors (Lipinski definition) is 3. The van der Waals surface area contributed by atoms with E-state index in [9.17, 15) is 0 Å². The molecular weight excluding hydrogens is 198 g/mol. The SMILES string of the molecule is CCc1ccc(N2CCCN(C)CC2)nc1. The van der Waals surface area contributed by atoms with Gasteiger partial charge in [0.15, 0.2) is 0 Å². The van der Waals surface area contributed by atoms with Crippen LogP contribution in [-0.4, -0.2) is 43.1 Å². The summed E-state index contributed by atoms with van der Waals surface area (Å²) in [6.45, 7) is 6.72. The fraction of sp³-hybridized carbons (Fsp3) is 0.615. The summed E-state index contributed by atoms with van der Waals surface area (Å²) in [4.78, 5) is 9.33. The van der Waals surface area contributed by atoms with E-state index in [4.69, 9.17) is 0 Å². The number of rotatable bonds is 2. The normalized spacial score (nSPS) is 18.5. The van der Waals surface area contributed by atoms with Gasteiger partial charge in [0.1, 0.15) is 5.82 Å². The molecule has 0 N–H and O–H groups in total. The van der Waals surface area contributed by atoms with Gasteiger partial charge in [-0.1, -0.05) is 13.0 Å². The van der Waals surface area contributed by atoms with Crippen molar-refractivity contribution in [3.63, 3.8) is 0 Å². The van der Waals surface area contributed by atoms with Gasteiger partial charge in [0.25, 0.3) is 0 Å². The first-order chi connectivity index (χ1) is 7.79. The third-order valence-corrected chi connectivity index (χ3v) is 3.26. The summed E-state index contributed by atoms with van der Waals surface area (Å²) < 4.78 is 0. The average Bonchev–Trinajstić information content (AvgIpc) is 2.54. The number of aromatic nitrogens is 1. The molecule has 1 aliphatic heterocycles. The van der Waals surface area contributed by atoms with E-state index in [0.29, 0.717) is 0 Å². The molecule has 2 rings (SSSR count). The van der Waals surface area contributed by atoms with E-state index in [2.05, 4.69) is 40.9 Å². The quantitative estimate of drug-likeness (QED) is 0.756. The lowest BCUT2D eigenvalue weighted by atomic mass is 10.2. The minimum absolute atomic E-state index is 1.07. The van der Waals surface area contributed by atoms with Crippen molar-refractivity contribution in [1.82, 2.24) is 9.88 Å². The molecule has 1 aromatic rings. The molecule has 0 amide bonds. The highest BCUT2D eigenvalue weighted by Gasteiger charge is 2.12. The molecule has 0 bridgehead atoms. The van der Waals surface area contributed by atoms with Crippen molar-refractivity contribution >= 4 is 5.82 Å². The molecule has 16 heavy (non-hydrogen) atoms. The lowest BCUT2D eigenvalue weighted by molar-refractivity contribution is 0.360. The molecule has 3 nitrogen and oxygen atoms in total. The molecule has 0 radical (unpaired) electrons. The van der Waals surface area contributed by atoms with Gasteiger partial charge in [0.05, 0.1) is 0 Å². The van der Waals surface area contributed by atoms with Crippen LogP contribution in [0, 0.1) is 0 Å². The molecule has 0 atom stereocenters. The first-order valence-electron chi connectivity index (χ1n) is 6.18. The molecule has 1 saturated heterocycles. The minimum Gasteiger partial charge on any atom is -0.355 e. The predicted molar refractivity (Wildman–Crippen MR) is 67.9 cm³/mol. The maximum absolute atomic E-state index is 4.55. The zero-order valence-corrected chi connectivity index (χ0v) is 10.3. The van der Waals surface area contributed by atoms with Gasteiger partial charge < -0.3 is 9.80 Å². The Morgan fingerprint density at radius 3 is 2.75 bits per heavy atom. The topological polar surface area (TPSA) is 19.4 Å². The van der Waals surface area contributed by atoms with Crippen molar-refractivity contribution in [2.45, 2.75) is 19.8 Å². The fourth-order valence-electron chi connectivity index (χ4n) is 2.09. The first-order valence-corrected chi connectivity index (χ1v) is 6.18. The summed E-state index contributed by atoms with van der Waals surface area (Å²) >= 11 is 0. The molecule has 1 aliphatic rings. The number of pyridine rings is 1. The molecule has 3 heteroatoms. The highest BCUT2D eigenvalue weighted by molar-refractivity contribution is 5.39. The maximum Gasteiger partial charge on any atom is 0.128 e. The lowest BCUT2D eigenvalue weighted by Gasteiger charge is -2.21. The smallest absolute Gasteiger partial charge is 0.128 e. The number of aryl methyl sites for hydroxylation is 1. The largest absolute Gasteiger partial charge is 0.355 e. The predicted octanol–water partition coefficient (Wildman–Crippen LogP) is 1.79. The average molecular weight is 219 g/mol. The first kappa shape index (κ1) is 11.4. The lowest BCUT2D eigenvalue weighted by Crippen LogP contribution is -2.29. The summed E-state index contributed by atoms with van der Waals surface area (Å²) in [7, 11) is 2.19. The zero-order chi connectivity index (χ0) is 11.4. The van der Waals surface area contributed by atoms with E-state index in [1.165, 1.54) is 18.5 Å². The molecule has 88 valence electrons. The van der Waals surface area contributed by atoms with E-state index < -0.39 is 0 Å². The summed E-state index contributed by atoms with van der Waals surface area (Å²) in [6.07, 6.45) is 4.30. The molecule has 1 fully saturated rings. The summed E-state index contributed by atoms with van der Waals surface area (Å²) in [5.41, 5.74) is 1.32. The summed E-state index contributed by atoms with van der Waals surface area (Å²) in [5, 5.41) is 0. The van der Waals surface area contributed by atoms with Gasteiger partial charge in [-0.2, -0.15) is 0 Å². The van der Waals surface area contributed by atoms with Crippen LogP contribution in [0.4, 0.5) is 5.82 Å². The molecule has 0 spiro atoms. The van der Waals surface area contributed by atoms with Gasteiger partial charge in [-0.15, -0.1) is 0 Å². The number of nitrogens with zero attached hydrogens (tertiary/aromatic N) is 3. The van der Waals surface area contributed by atoms with Gasteiger partial charge in [-0.3, -0.25) is 0 Å². The third-order valence-electron chi connectivity index (χ3n) is 3.26. The minimum atomic E-state index is 1.07. The van der Waals surface area contributed by atoms with Crippen LogP contribution in [0.2, 0.25) is 0 Å². The van der Waals surface area contributed by atoms with E-state index in [0.717, 1.165) is 31.9 Å². The maximum atomic E-state index is 4.55. The van der Waals surface area contributed by atoms with Crippen LogP contribution in [0.15, 0.2) is 18.3 Å². The van der Waals surface area contributed by atoms with Crippen molar-refractivity contribution in [3.05, 3.63) is 23.9 Å². The second kappa shape index (κ2) is 5.30. The Kier molecular flexibility index (Phi) is 3.78. The molecule has 2 heterocycles. The van der Waals surface area contributed by atoms with Crippen LogP contribution in [0.1, 0.15) is 18.9 Å². The van der Waals surface area contributed by atoms with Crippen molar-refractivity contribution in [1.29, 1.82) is 0 Å². The van der Waals surface area contributed by atoms with E-state index >= 15 is 0 Å². The van der Waals surface area contributed by atoms with Crippen molar-refractivity contribution < 1.29 is 0 Å². The van der Waals surface area contributed by atoms with Crippen LogP contribution >= 0.6 is 0 Å². The third kappa shape index (κ3) is 2.73. The highest BCUT2D eigenvalue weighted by atomic mass is 15.2. The van der Waals surface area contributed by atoms with Crippen LogP contribution < -0.4 is 4.90 Å². The Labute approximate surface area is 98.1 Å². The molecular formula is C13H21N3. The Morgan fingerprint density at radius 1 is 1.19 bits per heavy atom. The Balaban J connectivity index is 2.04. The van der Waals surface area contributed by atoms with E-state index in [-0.39, 0.29) is 0 Å². The van der Waals surface area contributed by atoms with Crippen molar-refractivity contribution in [2.75, 3.05) is 38.1 Å². The van der Waals surface area contributed by atoms with Crippen LogP contribution in [0.25, 0.3) is 0 Å². The van der Waals surface area contributed by atoms with Crippen molar-refractivity contribution in [3.8, 4) is 0 Å². The number of likely N-dealkylation sites (N-methyl/N-ethyl adjacent to an activating group) is 1. The van der Waals surface area contributed by atoms with Crippen LogP contribution in [-0.2, 0) is 6.42 Å². The van der Waals surface area contributed by atoms with Gasteiger partial charge >= 0.3 is 0 Å². The van der Waals surface area contributed by atoms with Gasteiger partial charge in [-0.25, -0.2) is 4.98 Å². The van der Waals surface area contributed by atoms with E-state index in [1.54, 1.807) is 0 Å². The molecule has 0 unspecified atom stereocenters. The zero-order valence-electron chi connectivity index (χ0n) is 10.3. The number of anilines is 1. The molecule has 1 aromatic heterocycles. The molecule has 0 saturated carbocycles. The van der Waals surface area contributed by atoms with Gasteiger partial charge in [-0.05, 0) is 38.1 Å². The second-order valence-corrected chi connectivity index (χ2v) is 4.52. The fourth-order valence-corrected chi connectivity index (χ4v) is 2.09. The Hall–Kier alpha value is -1.09. The molecule has 0 aliphatic carbocycles. The molecule has 0 aromatic carbocycles. The highest BCUT2D eigenvalue weighted by Crippen LogP contribution is 2.13. The van der Waals surface area contributed by atoms with Crippen molar-refractivity contribution in [2.24, 2.45) is 0 Å². The summed E-state index contributed by atoms with van der Waals surface area (Å²) in [5.74, 6) is 1.13. The van der Waals surface area contributed by atoms with E-state index in [1.807, 2.05) is 6.20 Å². The van der Waals surface area contributed by atoms with Crippen LogP contribution in [0.5, 0.6) is 0 Å². The second-order valence-electron chi connectivity index (χ2n) is 4.52. The Morgan fingerprint density at radius 2 is 2.06 bits per heavy atom. The number of hydrogen-bond donors (Lipinski definition) is 0. The summed E-state index contributed by atoms with van der Waals surface area (Å²) in [6, 6.07) is 4.35. The standard InChI is InChI=1S/C13H21N3/c1-3-12-5-6-13(14-11-12)16-8-4-7-15(2)9-10-16/h5-6,11H,3-4,7-10H2,1-2H3. The van der Waals surface area contributed by atoms with Gasteiger partial charge in [0, 0.05) is 25.8 Å². The Bertz CT molecular complexity index is 320. The van der Waals surface area contributed by atoms with Crippen LogP contribution in [0.3, 0.4) is 0 Å². The monoisotopic (exact) mass is 219 g/mol. The van der Waals surface area contributed by atoms with Gasteiger partial charge in [0.2, 0.25) is 0 Å².